The largest absolute Gasteiger partial charge is 0.493 e. The maximum atomic E-state index is 12.2. The van der Waals surface area contributed by atoms with Gasteiger partial charge in [-0.2, -0.15) is 5.26 Å². The molecule has 2 aromatic rings. The fourth-order valence-electron chi connectivity index (χ4n) is 2.17. The average Bonchev–Trinajstić information content (AvgIpc) is 2.65. The Bertz CT molecular complexity index is 776. The van der Waals surface area contributed by atoms with Crippen LogP contribution in [0.3, 0.4) is 0 Å². The Hall–Kier alpha value is -3.26. The highest BCUT2D eigenvalue weighted by Crippen LogP contribution is 2.38. The zero-order valence-electron chi connectivity index (χ0n) is 13.7. The van der Waals surface area contributed by atoms with Crippen LogP contribution in [-0.2, 0) is 0 Å². The van der Waals surface area contributed by atoms with Crippen molar-refractivity contribution in [3.63, 3.8) is 0 Å². The SMILES string of the molecule is COc1cc(/C=C/C(=O)c2ccc(C#N)cc2)cc(OC)c1OC. The highest BCUT2D eigenvalue weighted by atomic mass is 16.5. The molecule has 0 spiro atoms. The molecule has 5 heteroatoms. The monoisotopic (exact) mass is 323 g/mol. The lowest BCUT2D eigenvalue weighted by molar-refractivity contribution is 0.104. The first-order valence-corrected chi connectivity index (χ1v) is 7.15. The van der Waals surface area contributed by atoms with Crippen LogP contribution in [0.15, 0.2) is 42.5 Å². The number of nitriles is 1. The van der Waals surface area contributed by atoms with E-state index in [9.17, 15) is 4.79 Å². The molecule has 0 bridgehead atoms. The first-order valence-electron chi connectivity index (χ1n) is 7.15. The van der Waals surface area contributed by atoms with Crippen molar-refractivity contribution >= 4 is 11.9 Å². The number of carbonyl (C=O) groups is 1. The molecule has 24 heavy (non-hydrogen) atoms. The first-order chi connectivity index (χ1) is 11.6. The number of rotatable bonds is 6. The summed E-state index contributed by atoms with van der Waals surface area (Å²) in [6.45, 7) is 0. The van der Waals surface area contributed by atoms with Crippen molar-refractivity contribution in [2.24, 2.45) is 0 Å². The van der Waals surface area contributed by atoms with Gasteiger partial charge < -0.3 is 14.2 Å². The third-order valence-corrected chi connectivity index (χ3v) is 3.41. The molecule has 0 radical (unpaired) electrons. The van der Waals surface area contributed by atoms with E-state index >= 15 is 0 Å². The zero-order chi connectivity index (χ0) is 17.5. The van der Waals surface area contributed by atoms with Gasteiger partial charge in [-0.05, 0) is 48.0 Å². The van der Waals surface area contributed by atoms with Gasteiger partial charge in [-0.3, -0.25) is 4.79 Å². The molecule has 0 heterocycles. The molecule has 0 aliphatic rings. The van der Waals surface area contributed by atoms with E-state index in [1.54, 1.807) is 42.5 Å². The summed E-state index contributed by atoms with van der Waals surface area (Å²) >= 11 is 0. The third kappa shape index (κ3) is 3.73. The molecule has 0 aliphatic carbocycles. The van der Waals surface area contributed by atoms with Gasteiger partial charge in [-0.1, -0.05) is 6.08 Å². The number of hydrogen-bond donors (Lipinski definition) is 0. The van der Waals surface area contributed by atoms with E-state index in [1.165, 1.54) is 27.4 Å². The Kier molecular flexibility index (Phi) is 5.58. The van der Waals surface area contributed by atoms with Gasteiger partial charge >= 0.3 is 0 Å². The molecule has 0 fully saturated rings. The van der Waals surface area contributed by atoms with Crippen LogP contribution >= 0.6 is 0 Å². The predicted octanol–water partition coefficient (Wildman–Crippen LogP) is 3.48. The second-order valence-corrected chi connectivity index (χ2v) is 4.85. The van der Waals surface area contributed by atoms with E-state index in [0.717, 1.165) is 5.56 Å². The molecular weight excluding hydrogens is 306 g/mol. The van der Waals surface area contributed by atoms with Crippen LogP contribution in [0.25, 0.3) is 6.08 Å². The molecule has 0 saturated carbocycles. The molecule has 122 valence electrons. The summed E-state index contributed by atoms with van der Waals surface area (Å²) in [5.74, 6) is 1.37. The lowest BCUT2D eigenvalue weighted by atomic mass is 10.1. The van der Waals surface area contributed by atoms with Crippen molar-refractivity contribution in [3.8, 4) is 23.3 Å². The maximum absolute atomic E-state index is 12.2. The Balaban J connectivity index is 2.27. The van der Waals surface area contributed by atoms with E-state index < -0.39 is 0 Å². The van der Waals surface area contributed by atoms with Gasteiger partial charge in [0.05, 0.1) is 33.0 Å². The lowest BCUT2D eigenvalue weighted by Gasteiger charge is -2.12. The van der Waals surface area contributed by atoms with Crippen LogP contribution in [0.5, 0.6) is 17.2 Å². The fourth-order valence-corrected chi connectivity index (χ4v) is 2.17. The van der Waals surface area contributed by atoms with Crippen molar-refractivity contribution in [1.29, 1.82) is 5.26 Å². The van der Waals surface area contributed by atoms with Gasteiger partial charge in [0, 0.05) is 5.56 Å². The van der Waals surface area contributed by atoms with Crippen LogP contribution < -0.4 is 14.2 Å². The highest BCUT2D eigenvalue weighted by Gasteiger charge is 2.12. The summed E-state index contributed by atoms with van der Waals surface area (Å²) < 4.78 is 15.8. The third-order valence-electron chi connectivity index (χ3n) is 3.41. The molecular formula is C19H17NO4. The zero-order valence-corrected chi connectivity index (χ0v) is 13.7. The molecule has 0 atom stereocenters. The minimum absolute atomic E-state index is 0.159. The van der Waals surface area contributed by atoms with Crippen LogP contribution in [-0.4, -0.2) is 27.1 Å². The number of nitrogens with zero attached hydrogens (tertiary/aromatic N) is 1. The Morgan fingerprint density at radius 3 is 2.04 bits per heavy atom. The van der Waals surface area contributed by atoms with Gasteiger partial charge in [0.2, 0.25) is 5.75 Å². The average molecular weight is 323 g/mol. The number of ether oxygens (including phenoxy) is 3. The number of ketones is 1. The molecule has 0 N–H and O–H groups in total. The minimum atomic E-state index is -0.159. The van der Waals surface area contributed by atoms with E-state index in [2.05, 4.69) is 0 Å². The first kappa shape index (κ1) is 17.1. The molecule has 0 aliphatic heterocycles. The summed E-state index contributed by atoms with van der Waals surface area (Å²) in [4.78, 5) is 12.2. The van der Waals surface area contributed by atoms with Gasteiger partial charge in [-0.15, -0.1) is 0 Å². The smallest absolute Gasteiger partial charge is 0.203 e. The van der Waals surface area contributed by atoms with Crippen molar-refractivity contribution in [2.45, 2.75) is 0 Å². The number of carbonyl (C=O) groups excluding carboxylic acids is 1. The summed E-state index contributed by atoms with van der Waals surface area (Å²) in [7, 11) is 4.60. The van der Waals surface area contributed by atoms with Crippen molar-refractivity contribution in [1.82, 2.24) is 0 Å². The molecule has 5 nitrogen and oxygen atoms in total. The Labute approximate surface area is 140 Å². The minimum Gasteiger partial charge on any atom is -0.493 e. The van der Waals surface area contributed by atoms with Crippen LogP contribution in [0.1, 0.15) is 21.5 Å². The van der Waals surface area contributed by atoms with Crippen LogP contribution in [0.4, 0.5) is 0 Å². The van der Waals surface area contributed by atoms with Crippen molar-refractivity contribution in [2.75, 3.05) is 21.3 Å². The molecule has 0 aromatic heterocycles. The van der Waals surface area contributed by atoms with Crippen LogP contribution in [0.2, 0.25) is 0 Å². The predicted molar refractivity (Wildman–Crippen MR) is 90.6 cm³/mol. The van der Waals surface area contributed by atoms with Crippen molar-refractivity contribution in [3.05, 3.63) is 59.2 Å². The van der Waals surface area contributed by atoms with E-state index in [-0.39, 0.29) is 5.78 Å². The van der Waals surface area contributed by atoms with Gasteiger partial charge in [-0.25, -0.2) is 0 Å². The fraction of sp³-hybridized carbons (Fsp3) is 0.158. The number of allylic oxidation sites excluding steroid dienone is 1. The summed E-state index contributed by atoms with van der Waals surface area (Å²) in [6, 6.07) is 12.0. The van der Waals surface area contributed by atoms with Gasteiger partial charge in [0.25, 0.3) is 0 Å². The lowest BCUT2D eigenvalue weighted by Crippen LogP contribution is -1.96. The molecule has 2 rings (SSSR count). The quantitative estimate of drug-likeness (QED) is 0.601. The number of methoxy groups -OCH3 is 3. The Morgan fingerprint density at radius 2 is 1.58 bits per heavy atom. The summed E-state index contributed by atoms with van der Waals surface area (Å²) in [5.41, 5.74) is 1.77. The molecule has 2 aromatic carbocycles. The second-order valence-electron chi connectivity index (χ2n) is 4.85. The summed E-state index contributed by atoms with van der Waals surface area (Å²) in [5, 5.41) is 8.78. The Morgan fingerprint density at radius 1 is 1.00 bits per heavy atom. The molecule has 0 amide bonds. The molecule has 0 saturated heterocycles. The van der Waals surface area contributed by atoms with E-state index in [0.29, 0.717) is 28.4 Å². The van der Waals surface area contributed by atoms with E-state index in [4.69, 9.17) is 19.5 Å². The van der Waals surface area contributed by atoms with Crippen molar-refractivity contribution < 1.29 is 19.0 Å². The standard InChI is InChI=1S/C19H17NO4/c1-22-17-10-14(11-18(23-2)19(17)24-3)6-9-16(21)15-7-4-13(12-20)5-8-15/h4-11H,1-3H3/b9-6+. The normalized spacial score (nSPS) is 10.2. The number of hydrogen-bond acceptors (Lipinski definition) is 5. The highest BCUT2D eigenvalue weighted by molar-refractivity contribution is 6.06. The summed E-state index contributed by atoms with van der Waals surface area (Å²) in [6.07, 6.45) is 3.13. The molecule has 0 unspecified atom stereocenters. The number of benzene rings is 2. The van der Waals surface area contributed by atoms with Gasteiger partial charge in [0.1, 0.15) is 0 Å². The maximum Gasteiger partial charge on any atom is 0.203 e. The topological polar surface area (TPSA) is 68.6 Å². The van der Waals surface area contributed by atoms with E-state index in [1.807, 2.05) is 6.07 Å². The van der Waals surface area contributed by atoms with Gasteiger partial charge in [0.15, 0.2) is 17.3 Å². The van der Waals surface area contributed by atoms with Crippen LogP contribution in [0, 0.1) is 11.3 Å². The second kappa shape index (κ2) is 7.84.